The van der Waals surface area contributed by atoms with Gasteiger partial charge in [-0.25, -0.2) is 22.7 Å². The summed E-state index contributed by atoms with van der Waals surface area (Å²) in [5.41, 5.74) is 0.641. The topological polar surface area (TPSA) is 112 Å². The number of hydrogen-bond donors (Lipinski definition) is 1. The van der Waals surface area contributed by atoms with Gasteiger partial charge < -0.3 is 13.9 Å². The number of nitrogens with one attached hydrogen (secondary N) is 1. The van der Waals surface area contributed by atoms with Gasteiger partial charge in [-0.3, -0.25) is 0 Å². The van der Waals surface area contributed by atoms with Crippen LogP contribution in [0, 0.1) is 6.92 Å². The highest BCUT2D eigenvalue weighted by atomic mass is 32.2. The average molecular weight is 381 g/mol. The largest absolute Gasteiger partial charge is 0.463 e. The summed E-state index contributed by atoms with van der Waals surface area (Å²) in [6, 6.07) is 7.07. The van der Waals surface area contributed by atoms with E-state index in [9.17, 15) is 18.0 Å². The third-order valence-electron chi connectivity index (χ3n) is 3.40. The van der Waals surface area contributed by atoms with Crippen molar-refractivity contribution < 1.29 is 31.9 Å². The van der Waals surface area contributed by atoms with Crippen LogP contribution in [-0.2, 0) is 26.1 Å². The highest BCUT2D eigenvalue weighted by molar-refractivity contribution is 7.89. The molecule has 0 saturated heterocycles. The van der Waals surface area contributed by atoms with Crippen molar-refractivity contribution in [2.45, 2.75) is 25.3 Å². The van der Waals surface area contributed by atoms with E-state index in [4.69, 9.17) is 9.15 Å². The highest BCUT2D eigenvalue weighted by Crippen LogP contribution is 2.18. The Morgan fingerprint density at radius 3 is 2.58 bits per heavy atom. The van der Waals surface area contributed by atoms with Crippen LogP contribution < -0.4 is 4.72 Å². The molecule has 0 fully saturated rings. The predicted molar refractivity (Wildman–Crippen MR) is 91.2 cm³/mol. The average Bonchev–Trinajstić information content (AvgIpc) is 3.00. The SMILES string of the molecule is CCNS(=O)(=O)c1cccc(C(=O)OCc2cc(C)c(C(=O)OC)o2)c1. The monoisotopic (exact) mass is 381 g/mol. The molecule has 140 valence electrons. The van der Waals surface area contributed by atoms with Crippen molar-refractivity contribution in [2.75, 3.05) is 13.7 Å². The van der Waals surface area contributed by atoms with Crippen molar-refractivity contribution in [1.82, 2.24) is 4.72 Å². The molecule has 9 heteroatoms. The molecule has 0 aliphatic carbocycles. The Bertz CT molecular complexity index is 915. The maximum absolute atomic E-state index is 12.2. The number of ether oxygens (including phenoxy) is 2. The van der Waals surface area contributed by atoms with Crippen molar-refractivity contribution in [3.8, 4) is 0 Å². The van der Waals surface area contributed by atoms with Gasteiger partial charge >= 0.3 is 11.9 Å². The molecule has 0 atom stereocenters. The van der Waals surface area contributed by atoms with Gasteiger partial charge in [-0.1, -0.05) is 13.0 Å². The Balaban J connectivity index is 2.10. The Morgan fingerprint density at radius 1 is 1.19 bits per heavy atom. The molecule has 1 aromatic heterocycles. The molecule has 0 saturated carbocycles. The Kier molecular flexibility index (Phi) is 6.17. The van der Waals surface area contributed by atoms with E-state index in [1.54, 1.807) is 19.9 Å². The van der Waals surface area contributed by atoms with Crippen LogP contribution in [0.5, 0.6) is 0 Å². The number of furan rings is 1. The first-order valence-electron chi connectivity index (χ1n) is 7.73. The van der Waals surface area contributed by atoms with Crippen molar-refractivity contribution in [1.29, 1.82) is 0 Å². The van der Waals surface area contributed by atoms with Crippen LogP contribution >= 0.6 is 0 Å². The van der Waals surface area contributed by atoms with Gasteiger partial charge in [0.1, 0.15) is 12.4 Å². The molecule has 1 N–H and O–H groups in total. The van der Waals surface area contributed by atoms with E-state index in [0.717, 1.165) is 0 Å². The second-order valence-corrected chi connectivity index (χ2v) is 7.09. The fourth-order valence-corrected chi connectivity index (χ4v) is 3.28. The van der Waals surface area contributed by atoms with E-state index < -0.39 is 22.0 Å². The third kappa shape index (κ3) is 4.50. The van der Waals surface area contributed by atoms with Gasteiger partial charge in [0.15, 0.2) is 0 Å². The summed E-state index contributed by atoms with van der Waals surface area (Å²) in [5, 5.41) is 0. The molecule has 8 nitrogen and oxygen atoms in total. The Hall–Kier alpha value is -2.65. The summed E-state index contributed by atoms with van der Waals surface area (Å²) >= 11 is 0. The van der Waals surface area contributed by atoms with Crippen molar-refractivity contribution in [3.63, 3.8) is 0 Å². The first-order chi connectivity index (χ1) is 12.3. The van der Waals surface area contributed by atoms with Crippen LogP contribution in [0.15, 0.2) is 39.6 Å². The lowest BCUT2D eigenvalue weighted by atomic mass is 10.2. The number of sulfonamides is 1. The molecule has 0 amide bonds. The minimum atomic E-state index is -3.68. The van der Waals surface area contributed by atoms with Gasteiger partial charge in [0, 0.05) is 12.1 Å². The van der Waals surface area contributed by atoms with Crippen molar-refractivity contribution in [3.05, 3.63) is 53.0 Å². The lowest BCUT2D eigenvalue weighted by molar-refractivity contribution is 0.0438. The van der Waals surface area contributed by atoms with Gasteiger partial charge in [0.2, 0.25) is 15.8 Å². The third-order valence-corrected chi connectivity index (χ3v) is 4.94. The standard InChI is InChI=1S/C17H19NO7S/c1-4-18-26(21,22)14-7-5-6-12(9-14)16(19)24-10-13-8-11(2)15(25-13)17(20)23-3/h5-9,18H,4,10H2,1-3H3. The fraction of sp³-hybridized carbons (Fsp3) is 0.294. The first-order valence-corrected chi connectivity index (χ1v) is 9.21. The number of esters is 2. The molecule has 2 rings (SSSR count). The van der Waals surface area contributed by atoms with Crippen LogP contribution in [-0.4, -0.2) is 34.0 Å². The molecule has 0 bridgehead atoms. The summed E-state index contributed by atoms with van der Waals surface area (Å²) in [6.45, 7) is 3.35. The second-order valence-electron chi connectivity index (χ2n) is 5.32. The normalized spacial score (nSPS) is 11.2. The van der Waals surface area contributed by atoms with Crippen LogP contribution in [0.4, 0.5) is 0 Å². The predicted octanol–water partition coefficient (Wildman–Crippen LogP) is 2.03. The lowest BCUT2D eigenvalue weighted by Crippen LogP contribution is -2.23. The number of rotatable bonds is 7. The highest BCUT2D eigenvalue weighted by Gasteiger charge is 2.19. The molecule has 0 radical (unpaired) electrons. The van der Waals surface area contributed by atoms with E-state index in [1.165, 1.54) is 31.4 Å². The van der Waals surface area contributed by atoms with Crippen LogP contribution in [0.3, 0.4) is 0 Å². The fourth-order valence-electron chi connectivity index (χ4n) is 2.20. The molecule has 1 aromatic carbocycles. The molecular formula is C17H19NO7S. The van der Waals surface area contributed by atoms with E-state index >= 15 is 0 Å². The summed E-state index contributed by atoms with van der Waals surface area (Å²) in [4.78, 5) is 23.6. The second kappa shape index (κ2) is 8.15. The van der Waals surface area contributed by atoms with E-state index in [-0.39, 0.29) is 35.1 Å². The van der Waals surface area contributed by atoms with Gasteiger partial charge in [-0.05, 0) is 31.2 Å². The Labute approximate surface area is 151 Å². The van der Waals surface area contributed by atoms with Crippen LogP contribution in [0.25, 0.3) is 0 Å². The van der Waals surface area contributed by atoms with Crippen molar-refractivity contribution >= 4 is 22.0 Å². The van der Waals surface area contributed by atoms with E-state index in [1.807, 2.05) is 0 Å². The van der Waals surface area contributed by atoms with Crippen molar-refractivity contribution in [2.24, 2.45) is 0 Å². The van der Waals surface area contributed by atoms with Gasteiger partial charge in [-0.2, -0.15) is 0 Å². The summed E-state index contributed by atoms with van der Waals surface area (Å²) in [5.74, 6) is -1.03. The van der Waals surface area contributed by atoms with Gasteiger partial charge in [0.05, 0.1) is 17.6 Å². The molecular weight excluding hydrogens is 362 g/mol. The molecule has 1 heterocycles. The lowest BCUT2D eigenvalue weighted by Gasteiger charge is -2.07. The molecule has 0 aliphatic rings. The number of hydrogen-bond acceptors (Lipinski definition) is 7. The summed E-state index contributed by atoms with van der Waals surface area (Å²) in [7, 11) is -2.44. The number of carbonyl (C=O) groups excluding carboxylic acids is 2. The number of carbonyl (C=O) groups is 2. The van der Waals surface area contributed by atoms with Crippen LogP contribution in [0.1, 0.15) is 39.2 Å². The number of aryl methyl sites for hydroxylation is 1. The minimum Gasteiger partial charge on any atom is -0.463 e. The quantitative estimate of drug-likeness (QED) is 0.730. The molecule has 0 unspecified atom stereocenters. The van der Waals surface area contributed by atoms with Crippen LogP contribution in [0.2, 0.25) is 0 Å². The molecule has 2 aromatic rings. The summed E-state index contributed by atoms with van der Waals surface area (Å²) in [6.07, 6.45) is 0. The number of methoxy groups -OCH3 is 1. The molecule has 0 aliphatic heterocycles. The minimum absolute atomic E-state index is 0.0318. The number of benzene rings is 1. The van der Waals surface area contributed by atoms with E-state index in [0.29, 0.717) is 5.56 Å². The maximum Gasteiger partial charge on any atom is 0.374 e. The maximum atomic E-state index is 12.2. The zero-order valence-electron chi connectivity index (χ0n) is 14.6. The summed E-state index contributed by atoms with van der Waals surface area (Å²) < 4.78 is 41.4. The van der Waals surface area contributed by atoms with E-state index in [2.05, 4.69) is 9.46 Å². The zero-order chi connectivity index (χ0) is 19.3. The smallest absolute Gasteiger partial charge is 0.374 e. The molecule has 26 heavy (non-hydrogen) atoms. The Morgan fingerprint density at radius 2 is 1.92 bits per heavy atom. The first kappa shape index (κ1) is 19.7. The zero-order valence-corrected chi connectivity index (χ0v) is 15.4. The van der Waals surface area contributed by atoms with Gasteiger partial charge in [0.25, 0.3) is 0 Å². The molecule has 0 spiro atoms. The van der Waals surface area contributed by atoms with Gasteiger partial charge in [-0.15, -0.1) is 0 Å².